The highest BCUT2D eigenvalue weighted by Gasteiger charge is 2.31. The highest BCUT2D eigenvalue weighted by Crippen LogP contribution is 2.43. The first-order chi connectivity index (χ1) is 11.7. The summed E-state index contributed by atoms with van der Waals surface area (Å²) in [5.74, 6) is 0.966. The van der Waals surface area contributed by atoms with Crippen molar-refractivity contribution in [2.45, 2.75) is 36.5 Å². The lowest BCUT2D eigenvalue weighted by atomic mass is 9.92. The van der Waals surface area contributed by atoms with Crippen molar-refractivity contribution in [1.82, 2.24) is 4.98 Å². The van der Waals surface area contributed by atoms with Gasteiger partial charge in [0.05, 0.1) is 4.88 Å². The van der Waals surface area contributed by atoms with Crippen LogP contribution < -0.4 is 10.2 Å². The Hall–Kier alpha value is -1.53. The number of nitrogens with one attached hydrogen (secondary N) is 1. The maximum Gasteiger partial charge on any atom is 0.226 e. The molecule has 1 atom stereocenters. The van der Waals surface area contributed by atoms with Gasteiger partial charge in [-0.2, -0.15) is 0 Å². The van der Waals surface area contributed by atoms with Crippen molar-refractivity contribution >= 4 is 40.0 Å². The number of fused-ring (bicyclic) bond motifs is 1. The molecule has 1 amide bonds. The smallest absolute Gasteiger partial charge is 0.226 e. The number of rotatable bonds is 3. The lowest BCUT2D eigenvalue weighted by Crippen LogP contribution is -2.29. The van der Waals surface area contributed by atoms with Gasteiger partial charge < -0.3 is 10.2 Å². The molecule has 2 aromatic rings. The molecule has 1 aromatic carbocycles. The summed E-state index contributed by atoms with van der Waals surface area (Å²) in [6.07, 6.45) is 6.36. The predicted octanol–water partition coefficient (Wildman–Crippen LogP) is 4.33. The number of carbonyl (C=O) groups excluding carboxylic acids is 1. The number of hydrogen-bond donors (Lipinski definition) is 1. The highest BCUT2D eigenvalue weighted by molar-refractivity contribution is 7.98. The number of benzene rings is 1. The molecule has 2 aliphatic rings. The molecule has 1 aromatic heterocycles. The molecule has 4 rings (SSSR count). The van der Waals surface area contributed by atoms with Crippen molar-refractivity contribution in [2.75, 3.05) is 29.6 Å². The number of carbonyl (C=O) groups is 1. The molecule has 1 unspecified atom stereocenters. The van der Waals surface area contributed by atoms with Gasteiger partial charge in [-0.1, -0.05) is 23.5 Å². The Balaban J connectivity index is 1.67. The average molecular weight is 360 g/mol. The molecular formula is C18H21N3OS2. The number of piperidine rings is 1. The van der Waals surface area contributed by atoms with Crippen LogP contribution >= 0.6 is 23.1 Å². The summed E-state index contributed by atoms with van der Waals surface area (Å²) in [7, 11) is 0. The van der Waals surface area contributed by atoms with Gasteiger partial charge in [0, 0.05) is 30.3 Å². The molecule has 0 radical (unpaired) electrons. The van der Waals surface area contributed by atoms with Crippen LogP contribution in [-0.4, -0.2) is 30.2 Å². The van der Waals surface area contributed by atoms with E-state index in [4.69, 9.17) is 4.98 Å². The van der Waals surface area contributed by atoms with Crippen LogP contribution in [0.1, 0.15) is 42.0 Å². The molecule has 0 saturated carbocycles. The molecule has 126 valence electrons. The predicted molar refractivity (Wildman–Crippen MR) is 101 cm³/mol. The van der Waals surface area contributed by atoms with Gasteiger partial charge in [0.1, 0.15) is 5.82 Å². The number of anilines is 2. The summed E-state index contributed by atoms with van der Waals surface area (Å²) in [6.45, 7) is 2.15. The van der Waals surface area contributed by atoms with E-state index < -0.39 is 0 Å². The van der Waals surface area contributed by atoms with E-state index in [9.17, 15) is 4.79 Å². The molecular weight excluding hydrogens is 338 g/mol. The second-order valence-corrected chi connectivity index (χ2v) is 8.22. The molecule has 24 heavy (non-hydrogen) atoms. The Morgan fingerprint density at radius 2 is 1.96 bits per heavy atom. The average Bonchev–Trinajstić information content (AvgIpc) is 3.06. The second kappa shape index (κ2) is 6.76. The van der Waals surface area contributed by atoms with E-state index in [1.54, 1.807) is 23.1 Å². The van der Waals surface area contributed by atoms with Gasteiger partial charge in [-0.05, 0) is 43.2 Å². The first kappa shape index (κ1) is 16.0. The fourth-order valence-electron chi connectivity index (χ4n) is 3.43. The van der Waals surface area contributed by atoms with Crippen LogP contribution in [0.3, 0.4) is 0 Å². The largest absolute Gasteiger partial charge is 0.348 e. The van der Waals surface area contributed by atoms with Gasteiger partial charge >= 0.3 is 0 Å². The number of nitrogens with zero attached hydrogens (tertiary/aromatic N) is 2. The molecule has 1 fully saturated rings. The number of thiazole rings is 1. The van der Waals surface area contributed by atoms with Gasteiger partial charge in [0.15, 0.2) is 5.13 Å². The van der Waals surface area contributed by atoms with Crippen molar-refractivity contribution in [2.24, 2.45) is 0 Å². The van der Waals surface area contributed by atoms with Crippen LogP contribution in [0.4, 0.5) is 10.9 Å². The van der Waals surface area contributed by atoms with Crippen molar-refractivity contribution in [1.29, 1.82) is 0 Å². The van der Waals surface area contributed by atoms with Crippen LogP contribution in [0.5, 0.6) is 0 Å². The summed E-state index contributed by atoms with van der Waals surface area (Å²) in [6, 6.07) is 8.58. The van der Waals surface area contributed by atoms with Crippen LogP contribution in [0.15, 0.2) is 29.2 Å². The third-order valence-corrected chi connectivity index (χ3v) is 6.72. The van der Waals surface area contributed by atoms with Gasteiger partial charge in [-0.3, -0.25) is 4.79 Å². The number of thioether (sulfide) groups is 1. The van der Waals surface area contributed by atoms with E-state index in [1.165, 1.54) is 34.6 Å². The minimum Gasteiger partial charge on any atom is -0.348 e. The summed E-state index contributed by atoms with van der Waals surface area (Å²) in [5, 5.41) is 4.03. The van der Waals surface area contributed by atoms with Crippen LogP contribution in [-0.2, 0) is 4.79 Å². The maximum absolute atomic E-state index is 12.2. The fraction of sp³-hybridized carbons (Fsp3) is 0.444. The zero-order valence-electron chi connectivity index (χ0n) is 13.7. The third kappa shape index (κ3) is 3.05. The Labute approximate surface area is 150 Å². The van der Waals surface area contributed by atoms with E-state index >= 15 is 0 Å². The van der Waals surface area contributed by atoms with E-state index in [0.717, 1.165) is 24.0 Å². The van der Waals surface area contributed by atoms with Crippen molar-refractivity contribution in [3.05, 3.63) is 34.7 Å². The number of amides is 1. The molecule has 1 saturated heterocycles. The normalized spacial score (nSPS) is 20.6. The highest BCUT2D eigenvalue weighted by atomic mass is 32.2. The zero-order valence-corrected chi connectivity index (χ0v) is 15.4. The van der Waals surface area contributed by atoms with Gasteiger partial charge in [-0.25, -0.2) is 4.98 Å². The second-order valence-electron chi connectivity index (χ2n) is 6.34. The van der Waals surface area contributed by atoms with E-state index in [-0.39, 0.29) is 11.8 Å². The monoisotopic (exact) mass is 359 g/mol. The Kier molecular flexibility index (Phi) is 4.50. The quantitative estimate of drug-likeness (QED) is 0.829. The fourth-order valence-corrected chi connectivity index (χ4v) is 5.04. The molecule has 2 aliphatic heterocycles. The van der Waals surface area contributed by atoms with E-state index in [2.05, 4.69) is 40.7 Å². The van der Waals surface area contributed by atoms with Gasteiger partial charge in [0.2, 0.25) is 5.91 Å². The SMILES string of the molecule is CSc1ccc(C2CC(=O)Nc3nc(N4CCCCC4)sc32)cc1. The van der Waals surface area contributed by atoms with E-state index in [1.807, 2.05) is 0 Å². The first-order valence-corrected chi connectivity index (χ1v) is 10.5. The Morgan fingerprint density at radius 1 is 1.21 bits per heavy atom. The lowest BCUT2D eigenvalue weighted by molar-refractivity contribution is -0.116. The summed E-state index contributed by atoms with van der Waals surface area (Å²) in [5.41, 5.74) is 1.21. The van der Waals surface area contributed by atoms with Gasteiger partial charge in [-0.15, -0.1) is 11.8 Å². The standard InChI is InChI=1S/C18H21N3OS2/c1-23-13-7-5-12(6-8-13)14-11-15(22)19-17-16(14)24-18(20-17)21-9-3-2-4-10-21/h5-8,14H,2-4,9-11H2,1H3,(H,19,22). The molecule has 0 bridgehead atoms. The van der Waals surface area contributed by atoms with Crippen molar-refractivity contribution < 1.29 is 4.79 Å². The summed E-state index contributed by atoms with van der Waals surface area (Å²) >= 11 is 3.49. The number of aromatic nitrogens is 1. The molecule has 0 spiro atoms. The first-order valence-electron chi connectivity index (χ1n) is 8.44. The molecule has 3 heterocycles. The minimum absolute atomic E-state index is 0.0666. The van der Waals surface area contributed by atoms with Crippen LogP contribution in [0.2, 0.25) is 0 Å². The van der Waals surface area contributed by atoms with Crippen molar-refractivity contribution in [3.8, 4) is 0 Å². The molecule has 1 N–H and O–H groups in total. The van der Waals surface area contributed by atoms with Crippen LogP contribution in [0.25, 0.3) is 0 Å². The number of hydrogen-bond acceptors (Lipinski definition) is 5. The molecule has 0 aliphatic carbocycles. The zero-order chi connectivity index (χ0) is 16.5. The Bertz CT molecular complexity index is 735. The minimum atomic E-state index is 0.0666. The molecule has 4 nitrogen and oxygen atoms in total. The molecule has 6 heteroatoms. The third-order valence-electron chi connectivity index (χ3n) is 4.75. The summed E-state index contributed by atoms with van der Waals surface area (Å²) < 4.78 is 0. The lowest BCUT2D eigenvalue weighted by Gasteiger charge is -2.25. The summed E-state index contributed by atoms with van der Waals surface area (Å²) in [4.78, 5) is 21.7. The Morgan fingerprint density at radius 3 is 2.67 bits per heavy atom. The van der Waals surface area contributed by atoms with Crippen molar-refractivity contribution in [3.63, 3.8) is 0 Å². The van der Waals surface area contributed by atoms with Gasteiger partial charge in [0.25, 0.3) is 0 Å². The van der Waals surface area contributed by atoms with Crippen LogP contribution in [0, 0.1) is 0 Å². The van der Waals surface area contributed by atoms with E-state index in [0.29, 0.717) is 6.42 Å². The maximum atomic E-state index is 12.2. The topological polar surface area (TPSA) is 45.2 Å².